The monoisotopic (exact) mass is 311 g/mol. The van der Waals surface area contributed by atoms with Gasteiger partial charge in [-0.2, -0.15) is 0 Å². The Morgan fingerprint density at radius 3 is 2.64 bits per heavy atom. The lowest BCUT2D eigenvalue weighted by molar-refractivity contribution is -0.143. The van der Waals surface area contributed by atoms with Crippen molar-refractivity contribution in [2.45, 2.75) is 39.2 Å². The van der Waals surface area contributed by atoms with Crippen LogP contribution in [0.25, 0.3) is 0 Å². The molecule has 1 amide bonds. The summed E-state index contributed by atoms with van der Waals surface area (Å²) in [5.74, 6) is -1.83. The highest BCUT2D eigenvalue weighted by Gasteiger charge is 2.24. The van der Waals surface area contributed by atoms with Crippen LogP contribution in [0.3, 0.4) is 0 Å². The lowest BCUT2D eigenvalue weighted by atomic mass is 9.99. The number of carbonyl (C=O) groups is 2. The fraction of sp³-hybridized carbons (Fsp3) is 0.500. The summed E-state index contributed by atoms with van der Waals surface area (Å²) in [6, 6.07) is 5.15. The highest BCUT2D eigenvalue weighted by atomic mass is 19.1. The molecule has 0 aromatic heterocycles. The van der Waals surface area contributed by atoms with E-state index in [1.54, 1.807) is 19.1 Å². The first-order valence-electron chi connectivity index (χ1n) is 7.35. The van der Waals surface area contributed by atoms with Gasteiger partial charge in [0.1, 0.15) is 6.04 Å². The van der Waals surface area contributed by atoms with E-state index >= 15 is 0 Å². The Labute approximate surface area is 129 Å². The molecule has 5 nitrogen and oxygen atoms in total. The molecule has 22 heavy (non-hydrogen) atoms. The molecular weight excluding hydrogens is 289 g/mol. The topological polar surface area (TPSA) is 75.6 Å². The fourth-order valence-corrected chi connectivity index (χ4v) is 1.91. The first-order chi connectivity index (χ1) is 10.5. The molecule has 1 rings (SSSR count). The van der Waals surface area contributed by atoms with Gasteiger partial charge in [0, 0.05) is 6.42 Å². The van der Waals surface area contributed by atoms with Crippen molar-refractivity contribution in [3.63, 3.8) is 0 Å². The van der Waals surface area contributed by atoms with E-state index in [4.69, 9.17) is 9.84 Å². The second-order valence-electron chi connectivity index (χ2n) is 5.15. The van der Waals surface area contributed by atoms with Gasteiger partial charge in [0.05, 0.1) is 6.61 Å². The Kier molecular flexibility index (Phi) is 7.36. The summed E-state index contributed by atoms with van der Waals surface area (Å²) in [6.45, 7) is 3.84. The average molecular weight is 311 g/mol. The van der Waals surface area contributed by atoms with Gasteiger partial charge in [0.2, 0.25) is 5.91 Å². The lowest BCUT2D eigenvalue weighted by Crippen LogP contribution is -2.45. The Morgan fingerprint density at radius 2 is 2.05 bits per heavy atom. The molecule has 0 fully saturated rings. The SMILES string of the molecule is CC[C@H](C)[C@H](NC(=O)CCCOc1ccccc1F)C(=O)O. The summed E-state index contributed by atoms with van der Waals surface area (Å²) in [5.41, 5.74) is 0. The molecule has 6 heteroatoms. The van der Waals surface area contributed by atoms with Gasteiger partial charge in [0.25, 0.3) is 0 Å². The third-order valence-corrected chi connectivity index (χ3v) is 3.44. The van der Waals surface area contributed by atoms with Crippen LogP contribution < -0.4 is 10.1 Å². The van der Waals surface area contributed by atoms with Crippen molar-refractivity contribution in [2.24, 2.45) is 5.92 Å². The number of hydrogen-bond acceptors (Lipinski definition) is 3. The zero-order valence-corrected chi connectivity index (χ0v) is 12.8. The number of carboxylic acid groups (broad SMARTS) is 1. The van der Waals surface area contributed by atoms with Gasteiger partial charge in [-0.05, 0) is 24.5 Å². The summed E-state index contributed by atoms with van der Waals surface area (Å²) < 4.78 is 18.5. The molecule has 0 radical (unpaired) electrons. The molecule has 0 unspecified atom stereocenters. The summed E-state index contributed by atoms with van der Waals surface area (Å²) >= 11 is 0. The maximum atomic E-state index is 13.3. The Balaban J connectivity index is 2.34. The number of rotatable bonds is 9. The van der Waals surface area contributed by atoms with Crippen LogP contribution in [0.5, 0.6) is 5.75 Å². The predicted molar refractivity (Wildman–Crippen MR) is 80.2 cm³/mol. The maximum absolute atomic E-state index is 13.3. The molecule has 0 aliphatic carbocycles. The second-order valence-corrected chi connectivity index (χ2v) is 5.15. The third-order valence-electron chi connectivity index (χ3n) is 3.44. The Bertz CT molecular complexity index is 507. The van der Waals surface area contributed by atoms with Gasteiger partial charge in [-0.1, -0.05) is 32.4 Å². The number of aliphatic carboxylic acids is 1. The fourth-order valence-electron chi connectivity index (χ4n) is 1.91. The largest absolute Gasteiger partial charge is 0.491 e. The maximum Gasteiger partial charge on any atom is 0.326 e. The molecular formula is C16H22FNO4. The minimum Gasteiger partial charge on any atom is -0.491 e. The third kappa shape index (κ3) is 5.71. The summed E-state index contributed by atoms with van der Waals surface area (Å²) in [5, 5.41) is 11.6. The number of para-hydroxylation sites is 1. The van der Waals surface area contributed by atoms with Crippen LogP contribution in [0, 0.1) is 11.7 Å². The molecule has 0 saturated carbocycles. The number of carbonyl (C=O) groups excluding carboxylic acids is 1. The molecule has 2 N–H and O–H groups in total. The lowest BCUT2D eigenvalue weighted by Gasteiger charge is -2.20. The van der Waals surface area contributed by atoms with Crippen molar-refractivity contribution in [3.05, 3.63) is 30.1 Å². The number of ether oxygens (including phenoxy) is 1. The summed E-state index contributed by atoms with van der Waals surface area (Å²) in [6.07, 6.45) is 1.18. The minimum atomic E-state index is -1.04. The van der Waals surface area contributed by atoms with Crippen LogP contribution in [0.15, 0.2) is 24.3 Å². The molecule has 0 saturated heterocycles. The van der Waals surface area contributed by atoms with E-state index in [9.17, 15) is 14.0 Å². The highest BCUT2D eigenvalue weighted by molar-refractivity contribution is 5.83. The van der Waals surface area contributed by atoms with Gasteiger partial charge in [0.15, 0.2) is 11.6 Å². The van der Waals surface area contributed by atoms with Gasteiger partial charge in [-0.25, -0.2) is 9.18 Å². The molecule has 1 aromatic carbocycles. The number of carboxylic acids is 1. The number of hydrogen-bond donors (Lipinski definition) is 2. The van der Waals surface area contributed by atoms with Crippen LogP contribution >= 0.6 is 0 Å². The standard InChI is InChI=1S/C16H22FNO4/c1-3-11(2)15(16(20)21)18-14(19)9-6-10-22-13-8-5-4-7-12(13)17/h4-5,7-8,11,15H,3,6,9-10H2,1-2H3,(H,18,19)(H,20,21)/t11-,15-/m0/s1. The van der Waals surface area contributed by atoms with E-state index < -0.39 is 17.8 Å². The zero-order chi connectivity index (χ0) is 16.5. The number of benzene rings is 1. The molecule has 0 aliphatic heterocycles. The van der Waals surface area contributed by atoms with E-state index in [2.05, 4.69) is 5.32 Å². The van der Waals surface area contributed by atoms with Crippen molar-refractivity contribution < 1.29 is 23.8 Å². The van der Waals surface area contributed by atoms with Crippen LogP contribution in [0.2, 0.25) is 0 Å². The van der Waals surface area contributed by atoms with Crippen molar-refractivity contribution >= 4 is 11.9 Å². The molecule has 122 valence electrons. The summed E-state index contributed by atoms with van der Waals surface area (Å²) in [4.78, 5) is 22.9. The first-order valence-corrected chi connectivity index (χ1v) is 7.35. The van der Waals surface area contributed by atoms with Crippen LogP contribution in [0.4, 0.5) is 4.39 Å². The van der Waals surface area contributed by atoms with E-state index in [0.717, 1.165) is 0 Å². The van der Waals surface area contributed by atoms with Crippen LogP contribution in [0.1, 0.15) is 33.1 Å². The first kappa shape index (κ1) is 17.9. The quantitative estimate of drug-likeness (QED) is 0.687. The van der Waals surface area contributed by atoms with Crippen molar-refractivity contribution in [1.29, 1.82) is 0 Å². The van der Waals surface area contributed by atoms with E-state index in [1.165, 1.54) is 12.1 Å². The second kappa shape index (κ2) is 9.02. The van der Waals surface area contributed by atoms with Gasteiger partial charge in [-0.3, -0.25) is 4.79 Å². The molecule has 0 heterocycles. The van der Waals surface area contributed by atoms with Gasteiger partial charge < -0.3 is 15.2 Å². The molecule has 0 aliphatic rings. The van der Waals surface area contributed by atoms with Crippen LogP contribution in [-0.2, 0) is 9.59 Å². The van der Waals surface area contributed by atoms with E-state index in [-0.39, 0.29) is 30.6 Å². The Morgan fingerprint density at radius 1 is 1.36 bits per heavy atom. The molecule has 2 atom stereocenters. The van der Waals surface area contributed by atoms with Crippen molar-refractivity contribution in [2.75, 3.05) is 6.61 Å². The Hall–Kier alpha value is -2.11. The number of halogens is 1. The van der Waals surface area contributed by atoms with Crippen molar-refractivity contribution in [3.8, 4) is 5.75 Å². The van der Waals surface area contributed by atoms with Gasteiger partial charge >= 0.3 is 5.97 Å². The number of nitrogens with one attached hydrogen (secondary N) is 1. The predicted octanol–water partition coefficient (Wildman–Crippen LogP) is 2.60. The van der Waals surface area contributed by atoms with E-state index in [0.29, 0.717) is 12.8 Å². The molecule has 0 bridgehead atoms. The normalized spacial score (nSPS) is 13.2. The molecule has 0 spiro atoms. The summed E-state index contributed by atoms with van der Waals surface area (Å²) in [7, 11) is 0. The number of amides is 1. The zero-order valence-electron chi connectivity index (χ0n) is 12.8. The minimum absolute atomic E-state index is 0.134. The van der Waals surface area contributed by atoms with E-state index in [1.807, 2.05) is 6.92 Å². The van der Waals surface area contributed by atoms with Gasteiger partial charge in [-0.15, -0.1) is 0 Å². The smallest absolute Gasteiger partial charge is 0.326 e. The highest BCUT2D eigenvalue weighted by Crippen LogP contribution is 2.15. The molecule has 1 aromatic rings. The van der Waals surface area contributed by atoms with Crippen LogP contribution in [-0.4, -0.2) is 29.6 Å². The average Bonchev–Trinajstić information content (AvgIpc) is 2.49. The van der Waals surface area contributed by atoms with Crippen molar-refractivity contribution in [1.82, 2.24) is 5.32 Å².